The maximum absolute atomic E-state index is 14.1. The molecule has 3 aliphatic rings. The third kappa shape index (κ3) is 9.98. The van der Waals surface area contributed by atoms with Gasteiger partial charge < -0.3 is 23.5 Å². The SMILES string of the molecule is CCCCn1c(C2CCC(Oc3ccc(F)c(C(F)(F)F)c3)=CC2OCc2ccccn2)nc2c(OCCN3CCCC3)cc(OCCN3CCCC3)cc21. The van der Waals surface area contributed by atoms with Crippen molar-refractivity contribution in [3.8, 4) is 17.2 Å². The monoisotopic (exact) mass is 765 g/mol. The van der Waals surface area contributed by atoms with Crippen molar-refractivity contribution in [2.45, 2.75) is 89.6 Å². The molecular weight excluding hydrogens is 714 g/mol. The molecule has 2 unspecified atom stereocenters. The second kappa shape index (κ2) is 18.2. The molecule has 2 saturated heterocycles. The topological polar surface area (TPSA) is 74.1 Å². The molecule has 4 aromatic rings. The molecule has 296 valence electrons. The van der Waals surface area contributed by atoms with Crippen LogP contribution in [0.1, 0.15) is 81.3 Å². The molecule has 2 aromatic heterocycles. The average molecular weight is 766 g/mol. The Kier molecular flexibility index (Phi) is 12.9. The summed E-state index contributed by atoms with van der Waals surface area (Å²) in [5, 5.41) is 0. The van der Waals surface area contributed by atoms with Crippen LogP contribution >= 0.6 is 0 Å². The number of ether oxygens (including phenoxy) is 4. The zero-order valence-corrected chi connectivity index (χ0v) is 31.5. The average Bonchev–Trinajstić information content (AvgIpc) is 3.97. The molecule has 55 heavy (non-hydrogen) atoms. The van der Waals surface area contributed by atoms with Gasteiger partial charge in [-0.15, -0.1) is 0 Å². The second-order valence-corrected chi connectivity index (χ2v) is 14.7. The molecule has 2 aliphatic heterocycles. The number of rotatable bonds is 17. The number of unbranched alkanes of at least 4 members (excludes halogenated alkanes) is 1. The van der Waals surface area contributed by atoms with Gasteiger partial charge in [0.2, 0.25) is 0 Å². The van der Waals surface area contributed by atoms with Gasteiger partial charge in [-0.25, -0.2) is 9.37 Å². The molecule has 2 fully saturated rings. The number of halogens is 4. The van der Waals surface area contributed by atoms with E-state index in [1.807, 2.05) is 30.3 Å². The maximum Gasteiger partial charge on any atom is 0.419 e. The molecule has 0 spiro atoms. The quantitative estimate of drug-likeness (QED) is 0.0989. The molecule has 2 aromatic carbocycles. The lowest BCUT2D eigenvalue weighted by Crippen LogP contribution is -2.28. The number of hydrogen-bond acceptors (Lipinski definition) is 8. The van der Waals surface area contributed by atoms with Crippen LogP contribution in [0.4, 0.5) is 17.6 Å². The van der Waals surface area contributed by atoms with Gasteiger partial charge in [-0.05, 0) is 101 Å². The largest absolute Gasteiger partial charge is 0.492 e. The number of nitrogens with zero attached hydrogens (tertiary/aromatic N) is 5. The number of aromatic nitrogens is 3. The van der Waals surface area contributed by atoms with Crippen molar-refractivity contribution in [1.82, 2.24) is 24.3 Å². The van der Waals surface area contributed by atoms with Crippen LogP contribution in [0.15, 0.2) is 66.6 Å². The standard InChI is InChI=1S/C42H51F4N5O4/c1-2-3-20-51-37-26-33(52-23-21-49-16-6-7-17-49)28-39(53-24-22-50-18-8-9-19-50)40(37)48-41(51)34-13-11-32(27-38(34)54-29-30-10-4-5-15-47-30)55-31-12-14-36(43)35(25-31)42(44,45)46/h4-5,10,12,14-15,25-28,34,38H,2-3,6-9,11,13,16-24,29H2,1H3. The highest BCUT2D eigenvalue weighted by Gasteiger charge is 2.36. The lowest BCUT2D eigenvalue weighted by molar-refractivity contribution is -0.140. The minimum absolute atomic E-state index is 0.0925. The number of fused-ring (bicyclic) bond motifs is 1. The first kappa shape index (κ1) is 39.1. The highest BCUT2D eigenvalue weighted by Crippen LogP contribution is 2.41. The molecular formula is C42H51F4N5O4. The molecule has 0 amide bonds. The van der Waals surface area contributed by atoms with Gasteiger partial charge >= 0.3 is 6.18 Å². The molecule has 1 aliphatic carbocycles. The van der Waals surface area contributed by atoms with Gasteiger partial charge in [0, 0.05) is 50.3 Å². The Labute approximate surface area is 320 Å². The minimum atomic E-state index is -4.85. The lowest BCUT2D eigenvalue weighted by Gasteiger charge is -2.30. The van der Waals surface area contributed by atoms with Gasteiger partial charge in [0.05, 0.1) is 29.5 Å². The van der Waals surface area contributed by atoms with Gasteiger partial charge in [-0.3, -0.25) is 14.8 Å². The molecule has 0 bridgehead atoms. The van der Waals surface area contributed by atoms with Crippen molar-refractivity contribution in [3.63, 3.8) is 0 Å². The Balaban J connectivity index is 1.22. The fraction of sp³-hybridized carbons (Fsp3) is 0.524. The maximum atomic E-state index is 14.1. The molecule has 9 nitrogen and oxygen atoms in total. The number of likely N-dealkylation sites (tertiary alicyclic amines) is 2. The van der Waals surface area contributed by atoms with Crippen LogP contribution in [0.5, 0.6) is 17.2 Å². The first-order chi connectivity index (χ1) is 26.7. The number of pyridine rings is 1. The first-order valence-corrected chi connectivity index (χ1v) is 19.8. The van der Waals surface area contributed by atoms with Crippen LogP contribution < -0.4 is 14.2 Å². The smallest absolute Gasteiger partial charge is 0.419 e. The summed E-state index contributed by atoms with van der Waals surface area (Å²) in [5.74, 6) is 1.04. The van der Waals surface area contributed by atoms with Crippen molar-refractivity contribution in [3.05, 3.63) is 89.5 Å². The third-order valence-electron chi connectivity index (χ3n) is 10.7. The molecule has 0 radical (unpaired) electrons. The van der Waals surface area contributed by atoms with E-state index in [9.17, 15) is 17.6 Å². The van der Waals surface area contributed by atoms with E-state index in [-0.39, 0.29) is 18.3 Å². The second-order valence-electron chi connectivity index (χ2n) is 14.7. The fourth-order valence-electron chi connectivity index (χ4n) is 7.77. The van der Waals surface area contributed by atoms with Crippen molar-refractivity contribution < 1.29 is 36.5 Å². The first-order valence-electron chi connectivity index (χ1n) is 19.8. The van der Waals surface area contributed by atoms with Crippen molar-refractivity contribution >= 4 is 11.0 Å². The minimum Gasteiger partial charge on any atom is -0.492 e. The zero-order chi connectivity index (χ0) is 38.2. The van der Waals surface area contributed by atoms with Crippen molar-refractivity contribution in [2.75, 3.05) is 52.5 Å². The predicted molar refractivity (Wildman–Crippen MR) is 202 cm³/mol. The number of hydrogen-bond donors (Lipinski definition) is 0. The van der Waals surface area contributed by atoms with E-state index in [0.717, 1.165) is 93.0 Å². The Bertz CT molecular complexity index is 1890. The highest BCUT2D eigenvalue weighted by molar-refractivity contribution is 5.84. The van der Waals surface area contributed by atoms with E-state index in [1.54, 1.807) is 6.20 Å². The van der Waals surface area contributed by atoms with E-state index >= 15 is 0 Å². The van der Waals surface area contributed by atoms with Gasteiger partial charge in [-0.2, -0.15) is 13.2 Å². The Hall–Kier alpha value is -4.20. The molecule has 7 rings (SSSR count). The number of benzene rings is 2. The van der Waals surface area contributed by atoms with Crippen molar-refractivity contribution in [2.24, 2.45) is 0 Å². The molecule has 0 N–H and O–H groups in total. The normalized spacial score (nSPS) is 19.6. The summed E-state index contributed by atoms with van der Waals surface area (Å²) in [7, 11) is 0. The summed E-state index contributed by atoms with van der Waals surface area (Å²) in [6.45, 7) is 10.3. The van der Waals surface area contributed by atoms with Gasteiger partial charge in [0.25, 0.3) is 0 Å². The third-order valence-corrected chi connectivity index (χ3v) is 10.7. The van der Waals surface area contributed by atoms with E-state index < -0.39 is 23.7 Å². The van der Waals surface area contributed by atoms with Crippen LogP contribution in [-0.4, -0.2) is 82.9 Å². The number of imidazole rings is 1. The highest BCUT2D eigenvalue weighted by atomic mass is 19.4. The van der Waals surface area contributed by atoms with Crippen LogP contribution in [0.2, 0.25) is 0 Å². The predicted octanol–water partition coefficient (Wildman–Crippen LogP) is 8.76. The molecule has 2 atom stereocenters. The summed E-state index contributed by atoms with van der Waals surface area (Å²) in [6, 6.07) is 12.3. The Morgan fingerprint density at radius 3 is 2.29 bits per heavy atom. The molecule has 4 heterocycles. The number of allylic oxidation sites excluding steroid dienone is 1. The summed E-state index contributed by atoms with van der Waals surface area (Å²) < 4.78 is 82.4. The number of aryl methyl sites for hydroxylation is 1. The van der Waals surface area contributed by atoms with E-state index in [2.05, 4.69) is 32.3 Å². The summed E-state index contributed by atoms with van der Waals surface area (Å²) >= 11 is 0. The van der Waals surface area contributed by atoms with Crippen LogP contribution in [0.25, 0.3) is 11.0 Å². The van der Waals surface area contributed by atoms with Crippen LogP contribution in [-0.2, 0) is 24.1 Å². The van der Waals surface area contributed by atoms with E-state index in [0.29, 0.717) is 43.6 Å². The zero-order valence-electron chi connectivity index (χ0n) is 31.5. The summed E-state index contributed by atoms with van der Waals surface area (Å²) in [5.41, 5.74) is 1.06. The summed E-state index contributed by atoms with van der Waals surface area (Å²) in [6.07, 6.45) is 5.84. The van der Waals surface area contributed by atoms with Crippen molar-refractivity contribution in [1.29, 1.82) is 0 Å². The van der Waals surface area contributed by atoms with Gasteiger partial charge in [0.15, 0.2) is 5.75 Å². The number of alkyl halides is 3. The van der Waals surface area contributed by atoms with Gasteiger partial charge in [0.1, 0.15) is 47.6 Å². The Morgan fingerprint density at radius 2 is 1.60 bits per heavy atom. The van der Waals surface area contributed by atoms with E-state index in [1.165, 1.54) is 31.7 Å². The van der Waals surface area contributed by atoms with Crippen LogP contribution in [0.3, 0.4) is 0 Å². The molecule has 0 saturated carbocycles. The molecule has 13 heteroatoms. The van der Waals surface area contributed by atoms with Gasteiger partial charge in [-0.1, -0.05) is 19.4 Å². The van der Waals surface area contributed by atoms with E-state index in [4.69, 9.17) is 23.9 Å². The summed E-state index contributed by atoms with van der Waals surface area (Å²) in [4.78, 5) is 14.6. The lowest BCUT2D eigenvalue weighted by atomic mass is 9.89. The Morgan fingerprint density at radius 1 is 0.855 bits per heavy atom. The van der Waals surface area contributed by atoms with Crippen LogP contribution in [0, 0.1) is 5.82 Å². The fourth-order valence-corrected chi connectivity index (χ4v) is 7.77.